The second kappa shape index (κ2) is 32.7. The first kappa shape index (κ1) is 33.7. The highest BCUT2D eigenvalue weighted by Gasteiger charge is 1.96. The van der Waals surface area contributed by atoms with Gasteiger partial charge in [-0.2, -0.15) is 0 Å². The molecule has 0 aromatic heterocycles. The molecule has 0 saturated carbocycles. The number of hydrogen-bond acceptors (Lipinski definition) is 0. The molecule has 0 spiro atoms. The van der Waals surface area contributed by atoms with Crippen LogP contribution >= 0.6 is 0 Å². The fourth-order valence-corrected chi connectivity index (χ4v) is 5.15. The molecule has 0 saturated heterocycles. The van der Waals surface area contributed by atoms with Crippen LogP contribution in [0.5, 0.6) is 0 Å². The molecule has 0 radical (unpaired) electrons. The molecule has 0 rings (SSSR count). The summed E-state index contributed by atoms with van der Waals surface area (Å²) in [6.07, 6.45) is 48.4. The van der Waals surface area contributed by atoms with E-state index >= 15 is 0 Å². The van der Waals surface area contributed by atoms with Crippen molar-refractivity contribution in [2.24, 2.45) is 0 Å². The lowest BCUT2D eigenvalue weighted by molar-refractivity contribution is 0.517. The lowest BCUT2D eigenvalue weighted by Gasteiger charge is -2.04. The Bertz CT molecular complexity index is 355. The summed E-state index contributed by atoms with van der Waals surface area (Å²) in [5.41, 5.74) is 0. The SMILES string of the molecule is CCCCCCC=CCCCCCCCCCCCCCCCCCCCCCCCCCC. The molecule has 204 valence electrons. The van der Waals surface area contributed by atoms with E-state index in [2.05, 4.69) is 26.0 Å². The van der Waals surface area contributed by atoms with Crippen LogP contribution in [0.4, 0.5) is 0 Å². The fourth-order valence-electron chi connectivity index (χ4n) is 5.15. The van der Waals surface area contributed by atoms with Crippen LogP contribution in [0.2, 0.25) is 0 Å². The average Bonchev–Trinajstić information content (AvgIpc) is 2.85. The standard InChI is InChI=1S/C34H68/c1-3-5-7-9-11-13-15-17-19-21-23-25-27-29-31-33-34-32-30-28-26-24-22-20-18-16-14-12-10-8-6-4-2/h13,15H,3-12,14,16-34H2,1-2H3. The molecule has 0 aliphatic carbocycles. The van der Waals surface area contributed by atoms with Crippen LogP contribution in [0.25, 0.3) is 0 Å². The summed E-state index contributed by atoms with van der Waals surface area (Å²) in [5, 5.41) is 0. The Morgan fingerprint density at radius 3 is 0.647 bits per heavy atom. The maximum atomic E-state index is 2.43. The highest BCUT2D eigenvalue weighted by molar-refractivity contribution is 4.81. The molecule has 0 amide bonds. The van der Waals surface area contributed by atoms with Crippen molar-refractivity contribution in [3.63, 3.8) is 0 Å². The van der Waals surface area contributed by atoms with E-state index in [1.54, 1.807) is 0 Å². The largest absolute Gasteiger partial charge is 0.0885 e. The number of allylic oxidation sites excluding steroid dienone is 2. The second-order valence-corrected chi connectivity index (χ2v) is 11.2. The lowest BCUT2D eigenvalue weighted by atomic mass is 10.0. The van der Waals surface area contributed by atoms with Crippen molar-refractivity contribution < 1.29 is 0 Å². The molecule has 0 bridgehead atoms. The maximum Gasteiger partial charge on any atom is -0.0351 e. The smallest absolute Gasteiger partial charge is 0.0351 e. The van der Waals surface area contributed by atoms with Gasteiger partial charge in [0.15, 0.2) is 0 Å². The Morgan fingerprint density at radius 2 is 0.412 bits per heavy atom. The summed E-state index contributed by atoms with van der Waals surface area (Å²) >= 11 is 0. The van der Waals surface area contributed by atoms with E-state index in [4.69, 9.17) is 0 Å². The molecule has 0 heteroatoms. The molecule has 0 aliphatic rings. The molecule has 34 heavy (non-hydrogen) atoms. The van der Waals surface area contributed by atoms with E-state index in [1.807, 2.05) is 0 Å². The van der Waals surface area contributed by atoms with Crippen LogP contribution in [0.15, 0.2) is 12.2 Å². The molecule has 0 aromatic carbocycles. The number of unbranched alkanes of at least 4 members (excludes halogenated alkanes) is 28. The first-order valence-corrected chi connectivity index (χ1v) is 16.6. The van der Waals surface area contributed by atoms with Gasteiger partial charge in [-0.3, -0.25) is 0 Å². The third-order valence-electron chi connectivity index (χ3n) is 7.62. The van der Waals surface area contributed by atoms with Crippen LogP contribution < -0.4 is 0 Å². The predicted molar refractivity (Wildman–Crippen MR) is 159 cm³/mol. The van der Waals surface area contributed by atoms with E-state index in [-0.39, 0.29) is 0 Å². The second-order valence-electron chi connectivity index (χ2n) is 11.2. The van der Waals surface area contributed by atoms with Crippen LogP contribution in [-0.4, -0.2) is 0 Å². The molecule has 0 fully saturated rings. The quantitative estimate of drug-likeness (QED) is 0.0714. The molecule has 0 aromatic rings. The number of rotatable bonds is 30. The van der Waals surface area contributed by atoms with Gasteiger partial charge in [-0.15, -0.1) is 0 Å². The minimum Gasteiger partial charge on any atom is -0.0885 e. The summed E-state index contributed by atoms with van der Waals surface area (Å²) < 4.78 is 0. The minimum atomic E-state index is 1.30. The van der Waals surface area contributed by atoms with Gasteiger partial charge in [0.2, 0.25) is 0 Å². The molecule has 0 N–H and O–H groups in total. The summed E-state index contributed by atoms with van der Waals surface area (Å²) in [6.45, 7) is 4.60. The van der Waals surface area contributed by atoms with Crippen molar-refractivity contribution in [3.8, 4) is 0 Å². The summed E-state index contributed by atoms with van der Waals surface area (Å²) in [5.74, 6) is 0. The maximum absolute atomic E-state index is 2.43. The van der Waals surface area contributed by atoms with Gasteiger partial charge in [0.1, 0.15) is 0 Å². The molecular formula is C34H68. The Kier molecular flexibility index (Phi) is 32.5. The first-order chi connectivity index (χ1) is 16.9. The van der Waals surface area contributed by atoms with Crippen molar-refractivity contribution in [1.29, 1.82) is 0 Å². The zero-order valence-electron chi connectivity index (χ0n) is 24.4. The third kappa shape index (κ3) is 31.7. The molecule has 0 aliphatic heterocycles. The van der Waals surface area contributed by atoms with Gasteiger partial charge < -0.3 is 0 Å². The first-order valence-electron chi connectivity index (χ1n) is 16.6. The van der Waals surface area contributed by atoms with Gasteiger partial charge >= 0.3 is 0 Å². The van der Waals surface area contributed by atoms with Crippen molar-refractivity contribution in [1.82, 2.24) is 0 Å². The van der Waals surface area contributed by atoms with Gasteiger partial charge in [-0.1, -0.05) is 193 Å². The number of hydrogen-bond donors (Lipinski definition) is 0. The predicted octanol–water partition coefficient (Wildman–Crippen LogP) is 13.3. The zero-order valence-corrected chi connectivity index (χ0v) is 24.4. The van der Waals surface area contributed by atoms with Crippen molar-refractivity contribution in [2.75, 3.05) is 0 Å². The van der Waals surface area contributed by atoms with E-state index in [0.29, 0.717) is 0 Å². The van der Waals surface area contributed by atoms with Crippen molar-refractivity contribution in [3.05, 3.63) is 12.2 Å². The van der Waals surface area contributed by atoms with Crippen LogP contribution in [0, 0.1) is 0 Å². The van der Waals surface area contributed by atoms with Crippen molar-refractivity contribution >= 4 is 0 Å². The lowest BCUT2D eigenvalue weighted by Crippen LogP contribution is -1.84. The molecule has 0 heterocycles. The van der Waals surface area contributed by atoms with E-state index in [1.165, 1.54) is 193 Å². The summed E-state index contributed by atoms with van der Waals surface area (Å²) in [7, 11) is 0. The van der Waals surface area contributed by atoms with Crippen LogP contribution in [-0.2, 0) is 0 Å². The van der Waals surface area contributed by atoms with E-state index in [9.17, 15) is 0 Å². The topological polar surface area (TPSA) is 0 Å². The van der Waals surface area contributed by atoms with E-state index < -0.39 is 0 Å². The Hall–Kier alpha value is -0.260. The van der Waals surface area contributed by atoms with Crippen LogP contribution in [0.1, 0.15) is 206 Å². The highest BCUT2D eigenvalue weighted by atomic mass is 14.0. The zero-order chi connectivity index (χ0) is 24.6. The summed E-state index contributed by atoms with van der Waals surface area (Å²) in [6, 6.07) is 0. The average molecular weight is 477 g/mol. The van der Waals surface area contributed by atoms with Crippen LogP contribution in [0.3, 0.4) is 0 Å². The Morgan fingerprint density at radius 1 is 0.235 bits per heavy atom. The molecule has 0 nitrogen and oxygen atoms in total. The van der Waals surface area contributed by atoms with Gasteiger partial charge in [0, 0.05) is 0 Å². The Balaban J connectivity index is 3.03. The van der Waals surface area contributed by atoms with Gasteiger partial charge in [0.25, 0.3) is 0 Å². The normalized spacial score (nSPS) is 11.7. The molecule has 0 atom stereocenters. The monoisotopic (exact) mass is 477 g/mol. The van der Waals surface area contributed by atoms with Gasteiger partial charge in [0.05, 0.1) is 0 Å². The minimum absolute atomic E-state index is 1.30. The third-order valence-corrected chi connectivity index (χ3v) is 7.62. The van der Waals surface area contributed by atoms with Gasteiger partial charge in [-0.05, 0) is 25.7 Å². The Labute approximate surface area is 218 Å². The summed E-state index contributed by atoms with van der Waals surface area (Å²) in [4.78, 5) is 0. The fraction of sp³-hybridized carbons (Fsp3) is 0.941. The van der Waals surface area contributed by atoms with E-state index in [0.717, 1.165) is 0 Å². The van der Waals surface area contributed by atoms with Crippen molar-refractivity contribution in [2.45, 2.75) is 206 Å². The highest BCUT2D eigenvalue weighted by Crippen LogP contribution is 2.16. The molecular weight excluding hydrogens is 408 g/mol. The van der Waals surface area contributed by atoms with Gasteiger partial charge in [-0.25, -0.2) is 0 Å². The molecule has 0 unspecified atom stereocenters.